The van der Waals surface area contributed by atoms with E-state index in [1.807, 2.05) is 43.5 Å². The monoisotopic (exact) mass is 593 g/mol. The molecular weight excluding hydrogens is 558 g/mol. The molecule has 0 aliphatic carbocycles. The molecule has 1 aliphatic heterocycles. The molecule has 1 amide bonds. The number of nitrogens with zero attached hydrogens (tertiary/aromatic N) is 4. The van der Waals surface area contributed by atoms with Gasteiger partial charge >= 0.3 is 0 Å². The summed E-state index contributed by atoms with van der Waals surface area (Å²) in [4.78, 5) is 29.3. The molecular formula is C30H36ClN7O4. The van der Waals surface area contributed by atoms with Gasteiger partial charge in [-0.3, -0.25) is 14.2 Å². The first-order valence-corrected chi connectivity index (χ1v) is 14.3. The summed E-state index contributed by atoms with van der Waals surface area (Å²) in [5, 5.41) is 14.8. The van der Waals surface area contributed by atoms with E-state index in [1.165, 1.54) is 0 Å². The number of pyridine rings is 1. The largest absolute Gasteiger partial charge is 0.481 e. The number of benzene rings is 1. The summed E-state index contributed by atoms with van der Waals surface area (Å²) >= 11 is 6.96. The lowest BCUT2D eigenvalue weighted by atomic mass is 10.0. The van der Waals surface area contributed by atoms with Gasteiger partial charge in [0.05, 0.1) is 30.5 Å². The van der Waals surface area contributed by atoms with Crippen molar-refractivity contribution in [1.82, 2.24) is 35.1 Å². The van der Waals surface area contributed by atoms with Crippen molar-refractivity contribution in [3.8, 4) is 28.3 Å². The summed E-state index contributed by atoms with van der Waals surface area (Å²) in [5.74, 6) is 1.21. The van der Waals surface area contributed by atoms with E-state index in [-0.39, 0.29) is 23.6 Å². The Balaban J connectivity index is 1.38. The first kappa shape index (κ1) is 29.7. The molecule has 1 fully saturated rings. The van der Waals surface area contributed by atoms with E-state index >= 15 is 0 Å². The van der Waals surface area contributed by atoms with Gasteiger partial charge in [-0.2, -0.15) is 5.10 Å². The van der Waals surface area contributed by atoms with Gasteiger partial charge in [0.15, 0.2) is 0 Å². The van der Waals surface area contributed by atoms with Crippen LogP contribution in [0.25, 0.3) is 27.9 Å². The van der Waals surface area contributed by atoms with Crippen LogP contribution in [0.15, 0.2) is 47.4 Å². The second-order valence-electron chi connectivity index (χ2n) is 10.5. The van der Waals surface area contributed by atoms with Crippen LogP contribution in [0.1, 0.15) is 31.2 Å². The second-order valence-corrected chi connectivity index (χ2v) is 10.9. The normalized spacial score (nSPS) is 15.7. The Labute approximate surface area is 249 Å². The van der Waals surface area contributed by atoms with Gasteiger partial charge in [-0.25, -0.2) is 9.50 Å². The molecule has 4 heterocycles. The first-order chi connectivity index (χ1) is 20.3. The van der Waals surface area contributed by atoms with Crippen LogP contribution in [0.2, 0.25) is 5.02 Å². The van der Waals surface area contributed by atoms with Gasteiger partial charge in [0, 0.05) is 74.7 Å². The summed E-state index contributed by atoms with van der Waals surface area (Å²) in [6.45, 7) is 4.27. The number of rotatable bonds is 12. The highest BCUT2D eigenvalue weighted by atomic mass is 35.5. The highest BCUT2D eigenvalue weighted by Crippen LogP contribution is 2.37. The van der Waals surface area contributed by atoms with Crippen molar-refractivity contribution in [2.24, 2.45) is 7.05 Å². The minimum Gasteiger partial charge on any atom is -0.481 e. The van der Waals surface area contributed by atoms with E-state index in [9.17, 15) is 9.59 Å². The van der Waals surface area contributed by atoms with Crippen molar-refractivity contribution in [2.75, 3.05) is 27.3 Å². The van der Waals surface area contributed by atoms with E-state index in [4.69, 9.17) is 26.1 Å². The highest BCUT2D eigenvalue weighted by molar-refractivity contribution is 6.36. The average molecular weight is 594 g/mol. The Morgan fingerprint density at radius 2 is 1.95 bits per heavy atom. The molecule has 11 nitrogen and oxygen atoms in total. The predicted octanol–water partition coefficient (Wildman–Crippen LogP) is 2.92. The molecule has 5 rings (SSSR count). The molecule has 1 aliphatic rings. The quantitative estimate of drug-likeness (QED) is 0.229. The molecule has 0 spiro atoms. The first-order valence-electron chi connectivity index (χ1n) is 13.9. The third-order valence-electron chi connectivity index (χ3n) is 7.56. The topological polar surface area (TPSA) is 124 Å². The zero-order valence-electron chi connectivity index (χ0n) is 24.2. The third-order valence-corrected chi connectivity index (χ3v) is 7.97. The Morgan fingerprint density at radius 1 is 1.14 bits per heavy atom. The van der Waals surface area contributed by atoms with Crippen molar-refractivity contribution in [3.05, 3.63) is 69.4 Å². The molecule has 0 bridgehead atoms. The van der Waals surface area contributed by atoms with E-state index in [0.717, 1.165) is 28.7 Å². The highest BCUT2D eigenvalue weighted by Gasteiger charge is 2.21. The van der Waals surface area contributed by atoms with Gasteiger partial charge in [0.1, 0.15) is 11.3 Å². The van der Waals surface area contributed by atoms with E-state index in [2.05, 4.69) is 21.0 Å². The SMILES string of the molecule is COc1nc(-c2cccc(-c3cc4c(=O)n(C)c(CNC[C@H](C)OC)nn4c3)c2Cl)ccc1CNC[C@@H]1CCC(=O)N1. The van der Waals surface area contributed by atoms with Crippen LogP contribution in [0.5, 0.6) is 5.88 Å². The number of ether oxygens (including phenoxy) is 2. The number of carbonyl (C=O) groups is 1. The predicted molar refractivity (Wildman–Crippen MR) is 162 cm³/mol. The molecule has 3 N–H and O–H groups in total. The van der Waals surface area contributed by atoms with Crippen LogP contribution >= 0.6 is 11.6 Å². The van der Waals surface area contributed by atoms with E-state index in [1.54, 1.807) is 36.4 Å². The zero-order chi connectivity index (χ0) is 29.8. The molecule has 4 aromatic rings. The number of amides is 1. The summed E-state index contributed by atoms with van der Waals surface area (Å²) in [7, 11) is 4.97. The smallest absolute Gasteiger partial charge is 0.277 e. The minimum absolute atomic E-state index is 0.0490. The molecule has 2 atom stereocenters. The number of carbonyl (C=O) groups excluding carboxylic acids is 1. The maximum atomic E-state index is 13.2. The fourth-order valence-corrected chi connectivity index (χ4v) is 5.37. The van der Waals surface area contributed by atoms with Crippen molar-refractivity contribution >= 4 is 23.0 Å². The van der Waals surface area contributed by atoms with Crippen molar-refractivity contribution in [3.63, 3.8) is 0 Å². The second kappa shape index (κ2) is 13.0. The number of aromatic nitrogens is 4. The van der Waals surface area contributed by atoms with Gasteiger partial charge < -0.3 is 25.4 Å². The third kappa shape index (κ3) is 6.34. The lowest BCUT2D eigenvalue weighted by Gasteiger charge is -2.14. The standard InChI is InChI=1S/C30H36ClN7O4/c1-18(41-3)13-32-16-26-36-38-17-20(12-25(38)30(40)37(26)2)22-6-5-7-23(28(22)31)24-10-8-19(29(35-24)42-4)14-33-15-21-9-11-27(39)34-21/h5-8,10,12,17-18,21,32-33H,9,11,13-16H2,1-4H3,(H,34,39)/t18-,21-/m0/s1. The number of hydrogen-bond donors (Lipinski definition) is 3. The van der Waals surface area contributed by atoms with Gasteiger partial charge in [-0.05, 0) is 25.5 Å². The number of fused-ring (bicyclic) bond motifs is 1. The Kier molecular flexibility index (Phi) is 9.22. The number of hydrogen-bond acceptors (Lipinski definition) is 8. The summed E-state index contributed by atoms with van der Waals surface area (Å²) in [5.41, 5.74) is 4.16. The Hall–Kier alpha value is -3.77. The van der Waals surface area contributed by atoms with Gasteiger partial charge in [0.2, 0.25) is 11.8 Å². The van der Waals surface area contributed by atoms with Crippen LogP contribution < -0.4 is 26.2 Å². The van der Waals surface area contributed by atoms with E-state index < -0.39 is 0 Å². The Morgan fingerprint density at radius 3 is 2.69 bits per heavy atom. The molecule has 12 heteroatoms. The van der Waals surface area contributed by atoms with Crippen molar-refractivity contribution in [1.29, 1.82) is 0 Å². The summed E-state index contributed by atoms with van der Waals surface area (Å²) in [6.07, 6.45) is 3.28. The molecule has 1 aromatic carbocycles. The summed E-state index contributed by atoms with van der Waals surface area (Å²) in [6, 6.07) is 11.6. The fourth-order valence-electron chi connectivity index (χ4n) is 5.04. The van der Waals surface area contributed by atoms with Crippen LogP contribution in [0, 0.1) is 0 Å². The summed E-state index contributed by atoms with van der Waals surface area (Å²) < 4.78 is 14.0. The average Bonchev–Trinajstić information content (AvgIpc) is 3.61. The minimum atomic E-state index is -0.147. The van der Waals surface area contributed by atoms with Gasteiger partial charge in [-0.1, -0.05) is 35.9 Å². The molecule has 3 aromatic heterocycles. The van der Waals surface area contributed by atoms with Crippen molar-refractivity contribution in [2.45, 2.75) is 45.0 Å². The van der Waals surface area contributed by atoms with Gasteiger partial charge in [0.25, 0.3) is 5.56 Å². The fraction of sp³-hybridized carbons (Fsp3) is 0.400. The lowest BCUT2D eigenvalue weighted by molar-refractivity contribution is -0.119. The Bertz CT molecular complexity index is 1650. The molecule has 1 saturated heterocycles. The molecule has 0 radical (unpaired) electrons. The molecule has 0 unspecified atom stereocenters. The number of nitrogens with one attached hydrogen (secondary N) is 3. The molecule has 0 saturated carbocycles. The molecule has 222 valence electrons. The maximum absolute atomic E-state index is 13.2. The van der Waals surface area contributed by atoms with E-state index in [0.29, 0.717) is 60.5 Å². The van der Waals surface area contributed by atoms with Gasteiger partial charge in [-0.15, -0.1) is 0 Å². The van der Waals surface area contributed by atoms with Crippen LogP contribution in [-0.4, -0.2) is 64.5 Å². The van der Waals surface area contributed by atoms with Crippen molar-refractivity contribution < 1.29 is 14.3 Å². The zero-order valence-corrected chi connectivity index (χ0v) is 25.0. The van der Waals surface area contributed by atoms with Crippen LogP contribution in [0.4, 0.5) is 0 Å². The molecule has 42 heavy (non-hydrogen) atoms. The number of methoxy groups -OCH3 is 2. The lowest BCUT2D eigenvalue weighted by Crippen LogP contribution is -2.35. The van der Waals surface area contributed by atoms with Crippen LogP contribution in [-0.2, 0) is 29.7 Å². The number of halogens is 1. The maximum Gasteiger partial charge on any atom is 0.277 e. The van der Waals surface area contributed by atoms with Crippen LogP contribution in [0.3, 0.4) is 0 Å².